The van der Waals surface area contributed by atoms with Crippen molar-refractivity contribution < 1.29 is 23.1 Å². The number of nitrogens with zero attached hydrogens (tertiary/aromatic N) is 2. The lowest BCUT2D eigenvalue weighted by atomic mass is 10.1. The average Bonchev–Trinajstić information content (AvgIpc) is 3.24. The van der Waals surface area contributed by atoms with Crippen molar-refractivity contribution in [1.82, 2.24) is 9.88 Å². The number of aromatic nitrogens is 1. The standard InChI is InChI=1S/C32H21F2N3O3S2/c1-36-27-10-6-5-9-23(27)24(31(36)42-28-16-11-19(33)17-26(28)34)18-25-29(38)35-32(41)37(30(25)39)20-12-14-22(15-13-20)40-21-7-3-2-4-8-21/h2-18H,1H3,(H,35,38,41)/b25-18+. The Labute approximate surface area is 249 Å². The average molecular weight is 598 g/mol. The van der Waals surface area contributed by atoms with E-state index in [0.717, 1.165) is 28.7 Å². The first-order chi connectivity index (χ1) is 20.3. The number of carbonyl (C=O) groups is 2. The highest BCUT2D eigenvalue weighted by Gasteiger charge is 2.35. The Hall–Kier alpha value is -4.80. The number of amides is 2. The molecule has 0 atom stereocenters. The van der Waals surface area contributed by atoms with E-state index in [1.807, 2.05) is 59.2 Å². The number of thiocarbonyl (C=S) groups is 1. The van der Waals surface area contributed by atoms with Gasteiger partial charge in [0.05, 0.1) is 10.7 Å². The summed E-state index contributed by atoms with van der Waals surface area (Å²) in [4.78, 5) is 28.3. The van der Waals surface area contributed by atoms with Crippen molar-refractivity contribution in [3.8, 4) is 11.5 Å². The molecule has 42 heavy (non-hydrogen) atoms. The molecule has 1 aromatic heterocycles. The number of hydrogen-bond acceptors (Lipinski definition) is 5. The zero-order valence-electron chi connectivity index (χ0n) is 22.0. The fourth-order valence-electron chi connectivity index (χ4n) is 4.65. The molecule has 1 aliphatic rings. The van der Waals surface area contributed by atoms with E-state index < -0.39 is 23.4 Å². The van der Waals surface area contributed by atoms with Gasteiger partial charge in [0.25, 0.3) is 11.8 Å². The molecule has 0 saturated carbocycles. The summed E-state index contributed by atoms with van der Waals surface area (Å²) in [5, 5.41) is 3.87. The molecule has 0 radical (unpaired) electrons. The third kappa shape index (κ3) is 5.17. The van der Waals surface area contributed by atoms with Gasteiger partial charge in [-0.2, -0.15) is 0 Å². The lowest BCUT2D eigenvalue weighted by Crippen LogP contribution is -2.54. The molecule has 4 aromatic carbocycles. The number of hydrogen-bond donors (Lipinski definition) is 1. The van der Waals surface area contributed by atoms with E-state index in [1.165, 1.54) is 23.1 Å². The van der Waals surface area contributed by atoms with Gasteiger partial charge in [0.2, 0.25) is 0 Å². The molecule has 6 nitrogen and oxygen atoms in total. The fourth-order valence-corrected chi connectivity index (χ4v) is 5.94. The number of anilines is 1. The number of ether oxygens (including phenoxy) is 1. The molecule has 1 aliphatic heterocycles. The number of fused-ring (bicyclic) bond motifs is 1. The van der Waals surface area contributed by atoms with Crippen molar-refractivity contribution in [2.24, 2.45) is 7.05 Å². The molecule has 1 N–H and O–H groups in total. The molecule has 1 saturated heterocycles. The lowest BCUT2D eigenvalue weighted by Gasteiger charge is -2.29. The number of carbonyl (C=O) groups excluding carboxylic acids is 2. The molecule has 0 unspecified atom stereocenters. The van der Waals surface area contributed by atoms with Crippen LogP contribution in [0.3, 0.4) is 0 Å². The largest absolute Gasteiger partial charge is 0.457 e. The summed E-state index contributed by atoms with van der Waals surface area (Å²) in [6.45, 7) is 0. The Morgan fingerprint density at radius 3 is 2.31 bits per heavy atom. The van der Waals surface area contributed by atoms with Crippen molar-refractivity contribution in [3.05, 3.63) is 120 Å². The van der Waals surface area contributed by atoms with Gasteiger partial charge in [0.1, 0.15) is 28.7 Å². The Bertz CT molecular complexity index is 1900. The first-order valence-corrected chi connectivity index (χ1v) is 14.0. The lowest BCUT2D eigenvalue weighted by molar-refractivity contribution is -0.122. The van der Waals surface area contributed by atoms with Crippen LogP contribution < -0.4 is 15.0 Å². The van der Waals surface area contributed by atoms with Gasteiger partial charge in [0, 0.05) is 34.5 Å². The summed E-state index contributed by atoms with van der Waals surface area (Å²) in [5.41, 5.74) is 1.64. The number of aryl methyl sites for hydroxylation is 1. The number of nitrogens with one attached hydrogen (secondary N) is 1. The minimum Gasteiger partial charge on any atom is -0.457 e. The fraction of sp³-hybridized carbons (Fsp3) is 0.0312. The normalized spacial score (nSPS) is 14.5. The Balaban J connectivity index is 1.38. The van der Waals surface area contributed by atoms with Crippen LogP contribution >= 0.6 is 24.0 Å². The smallest absolute Gasteiger partial charge is 0.270 e. The van der Waals surface area contributed by atoms with E-state index in [2.05, 4.69) is 5.32 Å². The van der Waals surface area contributed by atoms with Crippen LogP contribution in [0, 0.1) is 11.6 Å². The van der Waals surface area contributed by atoms with Gasteiger partial charge < -0.3 is 9.30 Å². The molecule has 0 spiro atoms. The van der Waals surface area contributed by atoms with Crippen LogP contribution in [-0.2, 0) is 16.6 Å². The Kier molecular flexibility index (Phi) is 7.32. The van der Waals surface area contributed by atoms with Crippen molar-refractivity contribution in [2.45, 2.75) is 9.92 Å². The summed E-state index contributed by atoms with van der Waals surface area (Å²) < 4.78 is 35.9. The maximum atomic E-state index is 14.6. The third-order valence-corrected chi connectivity index (χ3v) is 8.18. The predicted octanol–water partition coefficient (Wildman–Crippen LogP) is 7.23. The van der Waals surface area contributed by atoms with Crippen LogP contribution in [0.25, 0.3) is 17.0 Å². The summed E-state index contributed by atoms with van der Waals surface area (Å²) >= 11 is 6.44. The maximum absolute atomic E-state index is 14.6. The van der Waals surface area contributed by atoms with E-state index in [0.29, 0.717) is 27.8 Å². The van der Waals surface area contributed by atoms with Gasteiger partial charge in [-0.25, -0.2) is 8.78 Å². The zero-order valence-corrected chi connectivity index (χ0v) is 23.6. The molecule has 0 aliphatic carbocycles. The van der Waals surface area contributed by atoms with Crippen LogP contribution in [-0.4, -0.2) is 21.5 Å². The molecule has 208 valence electrons. The Morgan fingerprint density at radius 2 is 1.57 bits per heavy atom. The number of benzene rings is 4. The van der Waals surface area contributed by atoms with E-state index in [4.69, 9.17) is 17.0 Å². The van der Waals surface area contributed by atoms with Crippen molar-refractivity contribution in [2.75, 3.05) is 4.90 Å². The van der Waals surface area contributed by atoms with E-state index in [9.17, 15) is 18.4 Å². The van der Waals surface area contributed by atoms with Crippen LogP contribution in [0.15, 0.2) is 113 Å². The molecule has 2 amide bonds. The molecular weight excluding hydrogens is 577 g/mol. The first kappa shape index (κ1) is 27.4. The summed E-state index contributed by atoms with van der Waals surface area (Å²) in [6.07, 6.45) is 1.49. The second-order valence-corrected chi connectivity index (χ2v) is 10.8. The highest BCUT2D eigenvalue weighted by molar-refractivity contribution is 7.99. The van der Waals surface area contributed by atoms with Crippen LogP contribution in [0.1, 0.15) is 5.56 Å². The van der Waals surface area contributed by atoms with Gasteiger partial charge >= 0.3 is 0 Å². The first-order valence-electron chi connectivity index (χ1n) is 12.7. The minimum atomic E-state index is -0.716. The van der Waals surface area contributed by atoms with E-state index in [-0.39, 0.29) is 15.6 Å². The summed E-state index contributed by atoms with van der Waals surface area (Å²) in [7, 11) is 1.80. The van der Waals surface area contributed by atoms with Crippen LogP contribution in [0.4, 0.5) is 14.5 Å². The minimum absolute atomic E-state index is 0.0558. The molecule has 1 fully saturated rings. The zero-order chi connectivity index (χ0) is 29.4. The van der Waals surface area contributed by atoms with Gasteiger partial charge in [-0.05, 0) is 72.9 Å². The molecule has 5 aromatic rings. The van der Waals surface area contributed by atoms with Gasteiger partial charge in [0.15, 0.2) is 5.11 Å². The Morgan fingerprint density at radius 1 is 0.881 bits per heavy atom. The number of halogens is 2. The topological polar surface area (TPSA) is 63.6 Å². The van der Waals surface area contributed by atoms with Crippen LogP contribution in [0.5, 0.6) is 11.5 Å². The summed E-state index contributed by atoms with van der Waals surface area (Å²) in [6, 6.07) is 26.8. The van der Waals surface area contributed by atoms with Crippen molar-refractivity contribution in [1.29, 1.82) is 0 Å². The molecule has 2 heterocycles. The van der Waals surface area contributed by atoms with Crippen molar-refractivity contribution in [3.63, 3.8) is 0 Å². The number of para-hydroxylation sites is 2. The molecule has 10 heteroatoms. The van der Waals surface area contributed by atoms with Gasteiger partial charge in [-0.3, -0.25) is 19.8 Å². The van der Waals surface area contributed by atoms with Gasteiger partial charge in [-0.15, -0.1) is 0 Å². The van der Waals surface area contributed by atoms with Gasteiger partial charge in [-0.1, -0.05) is 48.2 Å². The number of rotatable bonds is 6. The third-order valence-electron chi connectivity index (χ3n) is 6.66. The second kappa shape index (κ2) is 11.2. The van der Waals surface area contributed by atoms with Crippen LogP contribution in [0.2, 0.25) is 0 Å². The van der Waals surface area contributed by atoms with E-state index >= 15 is 0 Å². The second-order valence-electron chi connectivity index (χ2n) is 9.34. The van der Waals surface area contributed by atoms with E-state index in [1.54, 1.807) is 31.3 Å². The predicted molar refractivity (Wildman–Crippen MR) is 163 cm³/mol. The highest BCUT2D eigenvalue weighted by atomic mass is 32.2. The molecular formula is C32H21F2N3O3S2. The summed E-state index contributed by atoms with van der Waals surface area (Å²) in [5.74, 6) is -1.44. The molecule has 6 rings (SSSR count). The maximum Gasteiger partial charge on any atom is 0.270 e. The molecule has 0 bridgehead atoms. The SMILES string of the molecule is Cn1c(Sc2ccc(F)cc2F)c(/C=C2\C(=O)NC(=S)N(c3ccc(Oc4ccccc4)cc3)C2=O)c2ccccc21. The monoisotopic (exact) mass is 597 g/mol. The highest BCUT2D eigenvalue weighted by Crippen LogP contribution is 2.39. The quantitative estimate of drug-likeness (QED) is 0.127. The van der Waals surface area contributed by atoms with Crippen molar-refractivity contribution >= 4 is 63.6 Å².